The summed E-state index contributed by atoms with van der Waals surface area (Å²) in [5, 5.41) is 7.52. The molecule has 0 aliphatic heterocycles. The van der Waals surface area contributed by atoms with Crippen molar-refractivity contribution >= 4 is 20.2 Å². The maximum atomic E-state index is 11.3. The average molecular weight is 361 g/mol. The fourth-order valence-electron chi connectivity index (χ4n) is 2.21. The Kier molecular flexibility index (Phi) is 10.4. The highest BCUT2D eigenvalue weighted by atomic mass is 32.2. The van der Waals surface area contributed by atoms with E-state index in [1.54, 1.807) is 0 Å². The molecule has 0 bridgehead atoms. The molecule has 5 N–H and O–H groups in total. The molecule has 0 radical (unpaired) electrons. The molecular weight excluding hydrogens is 334 g/mol. The zero-order valence-electron chi connectivity index (χ0n) is 12.6. The van der Waals surface area contributed by atoms with Gasteiger partial charge in [0.05, 0.1) is 11.0 Å². The second-order valence-corrected chi connectivity index (χ2v) is 8.76. The minimum Gasteiger partial charge on any atom is -0.396 e. The fourth-order valence-corrected chi connectivity index (χ4v) is 3.70. The summed E-state index contributed by atoms with van der Waals surface area (Å²) in [7, 11) is -8.45. The Morgan fingerprint density at radius 2 is 1.45 bits per heavy atom. The third-order valence-corrected chi connectivity index (χ3v) is 5.47. The van der Waals surface area contributed by atoms with Gasteiger partial charge in [-0.1, -0.05) is 19.3 Å². The van der Waals surface area contributed by atoms with Gasteiger partial charge in [0.25, 0.3) is 20.2 Å². The summed E-state index contributed by atoms with van der Waals surface area (Å²) in [6.45, 7) is 0.144. The molecule has 0 fully saturated rings. The van der Waals surface area contributed by atoms with E-state index in [-0.39, 0.29) is 25.9 Å². The maximum Gasteiger partial charge on any atom is 0.267 e. The first kappa shape index (κ1) is 21.7. The van der Waals surface area contributed by atoms with E-state index in [1.807, 2.05) is 0 Å². The highest BCUT2D eigenvalue weighted by molar-refractivity contribution is 7.86. The van der Waals surface area contributed by atoms with Crippen LogP contribution in [0.5, 0.6) is 0 Å². The molecule has 0 heterocycles. The molecule has 0 aliphatic rings. The lowest BCUT2D eigenvalue weighted by atomic mass is 10.0. The van der Waals surface area contributed by atoms with Gasteiger partial charge in [-0.3, -0.25) is 9.11 Å². The van der Waals surface area contributed by atoms with Crippen molar-refractivity contribution in [3.63, 3.8) is 0 Å². The predicted octanol–water partition coefficient (Wildman–Crippen LogP) is 0.571. The van der Waals surface area contributed by atoms with E-state index in [4.69, 9.17) is 15.4 Å². The molecule has 0 aromatic carbocycles. The van der Waals surface area contributed by atoms with Gasteiger partial charge in [-0.2, -0.15) is 16.8 Å². The van der Waals surface area contributed by atoms with Crippen LogP contribution < -0.4 is 5.73 Å². The number of unbranched alkanes of at least 4 members (excludes halogenated alkanes) is 3. The van der Waals surface area contributed by atoms with Crippen LogP contribution in [0.1, 0.15) is 51.4 Å². The minimum absolute atomic E-state index is 0.0459. The molecule has 0 amide bonds. The standard InChI is InChI=1S/C12H27NO7S2/c13-11(6-3-1-2-4-8-14)10-12(22(18,19)20)7-5-9-21(15,16)17/h11-12,14H,1-10,13H2,(H,15,16,17)(H,18,19,20). The SMILES string of the molecule is NC(CCCCCCO)CC(CCCS(=O)(=O)O)S(=O)(=O)O. The van der Waals surface area contributed by atoms with E-state index >= 15 is 0 Å². The first-order chi connectivity index (χ1) is 10.1. The summed E-state index contributed by atoms with van der Waals surface area (Å²) in [6, 6.07) is -0.410. The Balaban J connectivity index is 4.24. The third-order valence-electron chi connectivity index (χ3n) is 3.40. The van der Waals surface area contributed by atoms with E-state index in [9.17, 15) is 21.4 Å². The summed E-state index contributed by atoms with van der Waals surface area (Å²) in [4.78, 5) is 0. The van der Waals surface area contributed by atoms with Gasteiger partial charge in [-0.15, -0.1) is 0 Å². The minimum atomic E-state index is -4.31. The van der Waals surface area contributed by atoms with Crippen LogP contribution in [0.25, 0.3) is 0 Å². The molecule has 2 atom stereocenters. The van der Waals surface area contributed by atoms with Crippen LogP contribution in [0, 0.1) is 0 Å². The molecule has 10 heteroatoms. The molecule has 0 aliphatic carbocycles. The van der Waals surface area contributed by atoms with Crippen molar-refractivity contribution in [1.29, 1.82) is 0 Å². The molecule has 0 rings (SSSR count). The number of hydrogen-bond acceptors (Lipinski definition) is 6. The molecule has 0 aromatic heterocycles. The van der Waals surface area contributed by atoms with E-state index in [2.05, 4.69) is 0 Å². The smallest absolute Gasteiger partial charge is 0.267 e. The van der Waals surface area contributed by atoms with E-state index in [1.165, 1.54) is 0 Å². The Morgan fingerprint density at radius 1 is 0.864 bits per heavy atom. The lowest BCUT2D eigenvalue weighted by Crippen LogP contribution is -2.31. The van der Waals surface area contributed by atoms with Crippen molar-refractivity contribution < 1.29 is 31.0 Å². The molecule has 2 unspecified atom stereocenters. The van der Waals surface area contributed by atoms with Gasteiger partial charge in [0, 0.05) is 12.6 Å². The maximum absolute atomic E-state index is 11.3. The molecule has 0 aromatic rings. The van der Waals surface area contributed by atoms with Crippen molar-refractivity contribution in [1.82, 2.24) is 0 Å². The van der Waals surface area contributed by atoms with Gasteiger partial charge in [-0.25, -0.2) is 0 Å². The Labute approximate surface area is 132 Å². The normalized spacial score (nSPS) is 15.6. The molecule has 0 spiro atoms. The Morgan fingerprint density at radius 3 is 1.95 bits per heavy atom. The molecule has 22 heavy (non-hydrogen) atoms. The van der Waals surface area contributed by atoms with Gasteiger partial charge in [0.1, 0.15) is 0 Å². The summed E-state index contributed by atoms with van der Waals surface area (Å²) < 4.78 is 61.6. The molecular formula is C12H27NO7S2. The van der Waals surface area contributed by atoms with Crippen molar-refractivity contribution in [3.8, 4) is 0 Å². The largest absolute Gasteiger partial charge is 0.396 e. The number of hydrogen-bond donors (Lipinski definition) is 4. The summed E-state index contributed by atoms with van der Waals surface area (Å²) >= 11 is 0. The van der Waals surface area contributed by atoms with Crippen molar-refractivity contribution in [2.24, 2.45) is 5.73 Å². The van der Waals surface area contributed by atoms with Gasteiger partial charge in [-0.05, 0) is 32.1 Å². The number of aliphatic hydroxyl groups excluding tert-OH is 1. The lowest BCUT2D eigenvalue weighted by Gasteiger charge is -2.18. The van der Waals surface area contributed by atoms with Crippen LogP contribution in [0.4, 0.5) is 0 Å². The Bertz CT molecular complexity index is 490. The zero-order chi connectivity index (χ0) is 17.2. The second kappa shape index (κ2) is 10.5. The van der Waals surface area contributed by atoms with Crippen molar-refractivity contribution in [2.45, 2.75) is 62.7 Å². The van der Waals surface area contributed by atoms with Crippen LogP contribution in [-0.4, -0.2) is 54.7 Å². The highest BCUT2D eigenvalue weighted by Crippen LogP contribution is 2.17. The lowest BCUT2D eigenvalue weighted by molar-refractivity contribution is 0.282. The van der Waals surface area contributed by atoms with Crippen LogP contribution >= 0.6 is 0 Å². The van der Waals surface area contributed by atoms with Crippen LogP contribution in [0.3, 0.4) is 0 Å². The van der Waals surface area contributed by atoms with Crippen molar-refractivity contribution in [3.05, 3.63) is 0 Å². The summed E-state index contributed by atoms with van der Waals surface area (Å²) in [5.74, 6) is -0.546. The van der Waals surface area contributed by atoms with Gasteiger partial charge < -0.3 is 10.8 Å². The fraction of sp³-hybridized carbons (Fsp3) is 1.00. The van der Waals surface area contributed by atoms with E-state index in [0.29, 0.717) is 6.42 Å². The quantitative estimate of drug-likeness (QED) is 0.274. The van der Waals surface area contributed by atoms with Crippen molar-refractivity contribution in [2.75, 3.05) is 12.4 Å². The molecule has 8 nitrogen and oxygen atoms in total. The first-order valence-electron chi connectivity index (χ1n) is 7.34. The summed E-state index contributed by atoms with van der Waals surface area (Å²) in [5.41, 5.74) is 5.85. The zero-order valence-corrected chi connectivity index (χ0v) is 14.2. The van der Waals surface area contributed by atoms with E-state index < -0.39 is 37.3 Å². The topological polar surface area (TPSA) is 155 Å². The highest BCUT2D eigenvalue weighted by Gasteiger charge is 2.25. The van der Waals surface area contributed by atoms with Crippen LogP contribution in [-0.2, 0) is 20.2 Å². The molecule has 134 valence electrons. The predicted molar refractivity (Wildman–Crippen MR) is 83.7 cm³/mol. The van der Waals surface area contributed by atoms with Crippen LogP contribution in [0.2, 0.25) is 0 Å². The third kappa shape index (κ3) is 12.3. The number of rotatable bonds is 13. The second-order valence-electron chi connectivity index (χ2n) is 5.49. The van der Waals surface area contributed by atoms with Gasteiger partial charge >= 0.3 is 0 Å². The van der Waals surface area contributed by atoms with Crippen LogP contribution in [0.15, 0.2) is 0 Å². The van der Waals surface area contributed by atoms with Gasteiger partial charge in [0.15, 0.2) is 0 Å². The van der Waals surface area contributed by atoms with E-state index in [0.717, 1.165) is 25.7 Å². The number of aliphatic hydroxyl groups is 1. The monoisotopic (exact) mass is 361 g/mol. The summed E-state index contributed by atoms with van der Waals surface area (Å²) in [6.07, 6.45) is 3.78. The van der Waals surface area contributed by atoms with Gasteiger partial charge in [0.2, 0.25) is 0 Å². The Hall–Kier alpha value is -0.260. The first-order valence-corrected chi connectivity index (χ1v) is 10.5. The molecule has 0 saturated carbocycles. The average Bonchev–Trinajstić information content (AvgIpc) is 2.34. The number of nitrogens with two attached hydrogens (primary N) is 1. The molecule has 0 saturated heterocycles.